The molecular weight excluding hydrogens is 346 g/mol. The second-order valence-corrected chi connectivity index (χ2v) is 9.23. The predicted molar refractivity (Wildman–Crippen MR) is 107 cm³/mol. The number of aromatic nitrogens is 2. The normalized spacial score (nSPS) is 18.1. The summed E-state index contributed by atoms with van der Waals surface area (Å²) in [6, 6.07) is 0.118. The summed E-state index contributed by atoms with van der Waals surface area (Å²) < 4.78 is 1.46. The number of hydrogen-bond donors (Lipinski definition) is 1. The Balaban J connectivity index is 1.76. The third-order valence-electron chi connectivity index (χ3n) is 5.18. The minimum absolute atomic E-state index is 0.0365. The third kappa shape index (κ3) is 4.17. The van der Waals surface area contributed by atoms with E-state index in [1.54, 1.807) is 11.3 Å². The molecule has 2 unspecified atom stereocenters. The first-order chi connectivity index (χ1) is 12.3. The van der Waals surface area contributed by atoms with Crippen LogP contribution >= 0.6 is 11.3 Å². The summed E-state index contributed by atoms with van der Waals surface area (Å²) in [7, 11) is 0. The zero-order valence-corrected chi connectivity index (χ0v) is 17.0. The molecule has 1 aliphatic rings. The van der Waals surface area contributed by atoms with E-state index in [2.05, 4.69) is 31.1 Å². The van der Waals surface area contributed by atoms with Crippen molar-refractivity contribution in [2.45, 2.75) is 72.4 Å². The Kier molecular flexibility index (Phi) is 5.80. The van der Waals surface area contributed by atoms with Gasteiger partial charge < -0.3 is 5.32 Å². The Labute approximate surface area is 158 Å². The fourth-order valence-electron chi connectivity index (χ4n) is 3.61. The van der Waals surface area contributed by atoms with Crippen LogP contribution in [-0.4, -0.2) is 21.5 Å². The average molecular weight is 376 g/mol. The van der Waals surface area contributed by atoms with E-state index in [9.17, 15) is 9.59 Å². The molecule has 6 heteroatoms. The Morgan fingerprint density at radius 2 is 2.15 bits per heavy atom. The van der Waals surface area contributed by atoms with Crippen LogP contribution in [0.15, 0.2) is 11.1 Å². The minimum Gasteiger partial charge on any atom is -0.352 e. The quantitative estimate of drug-likeness (QED) is 0.840. The number of carbonyl (C=O) groups excluding carboxylic acids is 1. The Hall–Kier alpha value is -1.69. The lowest BCUT2D eigenvalue weighted by Crippen LogP contribution is -2.37. The van der Waals surface area contributed by atoms with Crippen molar-refractivity contribution in [3.05, 3.63) is 27.1 Å². The van der Waals surface area contributed by atoms with Crippen LogP contribution in [-0.2, 0) is 24.2 Å². The van der Waals surface area contributed by atoms with Crippen molar-refractivity contribution in [3.8, 4) is 0 Å². The van der Waals surface area contributed by atoms with Gasteiger partial charge in [0.15, 0.2) is 0 Å². The maximum atomic E-state index is 12.9. The highest BCUT2D eigenvalue weighted by atomic mass is 32.1. The lowest BCUT2D eigenvalue weighted by Gasteiger charge is -2.17. The first kappa shape index (κ1) is 19.1. The van der Waals surface area contributed by atoms with Gasteiger partial charge in [0.25, 0.3) is 5.56 Å². The van der Waals surface area contributed by atoms with E-state index in [-0.39, 0.29) is 24.1 Å². The standard InChI is InChI=1S/C20H29N3O2S/c1-12(2)5-7-14(4)22-17(24)10-23-11-21-19-18(20(23)25)15-8-6-13(3)9-16(15)26-19/h11-14H,5-10H2,1-4H3,(H,22,24). The van der Waals surface area contributed by atoms with Gasteiger partial charge in [-0.15, -0.1) is 11.3 Å². The van der Waals surface area contributed by atoms with Crippen LogP contribution < -0.4 is 10.9 Å². The fraction of sp³-hybridized carbons (Fsp3) is 0.650. The predicted octanol–water partition coefficient (Wildman–Crippen LogP) is 3.52. The second-order valence-electron chi connectivity index (χ2n) is 8.15. The average Bonchev–Trinajstić information content (AvgIpc) is 2.93. The molecule has 0 spiro atoms. The van der Waals surface area contributed by atoms with E-state index in [1.807, 2.05) is 6.92 Å². The van der Waals surface area contributed by atoms with Gasteiger partial charge in [0.05, 0.1) is 11.7 Å². The maximum absolute atomic E-state index is 12.9. The Morgan fingerprint density at radius 3 is 2.88 bits per heavy atom. The number of amides is 1. The second kappa shape index (κ2) is 7.91. The van der Waals surface area contributed by atoms with Crippen molar-refractivity contribution >= 4 is 27.5 Å². The van der Waals surface area contributed by atoms with Crippen molar-refractivity contribution in [2.75, 3.05) is 0 Å². The van der Waals surface area contributed by atoms with Gasteiger partial charge in [-0.1, -0.05) is 20.8 Å². The zero-order valence-electron chi connectivity index (χ0n) is 16.2. The summed E-state index contributed by atoms with van der Waals surface area (Å²) in [5.74, 6) is 1.16. The lowest BCUT2D eigenvalue weighted by atomic mass is 9.89. The van der Waals surface area contributed by atoms with Gasteiger partial charge in [0.1, 0.15) is 11.4 Å². The van der Waals surface area contributed by atoms with Crippen LogP contribution in [0, 0.1) is 11.8 Å². The van der Waals surface area contributed by atoms with Crippen molar-refractivity contribution in [3.63, 3.8) is 0 Å². The molecule has 2 aromatic rings. The van der Waals surface area contributed by atoms with Gasteiger partial charge >= 0.3 is 0 Å². The Bertz CT molecular complexity index is 853. The fourth-order valence-corrected chi connectivity index (χ4v) is 4.95. The van der Waals surface area contributed by atoms with E-state index in [1.165, 1.54) is 21.3 Å². The molecule has 1 amide bonds. The Morgan fingerprint density at radius 1 is 1.38 bits per heavy atom. The molecule has 142 valence electrons. The van der Waals surface area contributed by atoms with E-state index >= 15 is 0 Å². The SMILES string of the molecule is CC(C)CCC(C)NC(=O)Cn1cnc2sc3c(c2c1=O)CCC(C)C3. The summed E-state index contributed by atoms with van der Waals surface area (Å²) >= 11 is 1.64. The molecule has 1 aliphatic carbocycles. The first-order valence-electron chi connectivity index (χ1n) is 9.64. The summed E-state index contributed by atoms with van der Waals surface area (Å²) in [6.45, 7) is 8.66. The molecule has 0 fully saturated rings. The van der Waals surface area contributed by atoms with Gasteiger partial charge in [-0.3, -0.25) is 14.2 Å². The number of thiophene rings is 1. The molecule has 1 N–H and O–H groups in total. The zero-order chi connectivity index (χ0) is 18.8. The number of hydrogen-bond acceptors (Lipinski definition) is 4. The summed E-state index contributed by atoms with van der Waals surface area (Å²) in [5, 5.41) is 3.73. The number of aryl methyl sites for hydroxylation is 1. The van der Waals surface area contributed by atoms with E-state index in [0.29, 0.717) is 11.8 Å². The molecule has 2 aromatic heterocycles. The van der Waals surface area contributed by atoms with Crippen LogP contribution in [0.5, 0.6) is 0 Å². The summed E-state index contributed by atoms with van der Waals surface area (Å²) in [4.78, 5) is 31.8. The lowest BCUT2D eigenvalue weighted by molar-refractivity contribution is -0.122. The van der Waals surface area contributed by atoms with Crippen molar-refractivity contribution < 1.29 is 4.79 Å². The van der Waals surface area contributed by atoms with Crippen molar-refractivity contribution in [2.24, 2.45) is 11.8 Å². The van der Waals surface area contributed by atoms with E-state index in [0.717, 1.165) is 42.3 Å². The summed E-state index contributed by atoms with van der Waals surface area (Å²) in [5.41, 5.74) is 1.09. The summed E-state index contributed by atoms with van der Waals surface area (Å²) in [6.07, 6.45) is 6.63. The molecule has 0 bridgehead atoms. The topological polar surface area (TPSA) is 64.0 Å². The molecular formula is C20H29N3O2S. The van der Waals surface area contributed by atoms with Crippen molar-refractivity contribution in [1.82, 2.24) is 14.9 Å². The highest BCUT2D eigenvalue weighted by Crippen LogP contribution is 2.35. The number of nitrogens with one attached hydrogen (secondary N) is 1. The largest absolute Gasteiger partial charge is 0.352 e. The number of nitrogens with zero attached hydrogens (tertiary/aromatic N) is 2. The van der Waals surface area contributed by atoms with Crippen LogP contribution in [0.1, 0.15) is 57.4 Å². The smallest absolute Gasteiger partial charge is 0.262 e. The highest BCUT2D eigenvalue weighted by Gasteiger charge is 2.23. The van der Waals surface area contributed by atoms with Crippen molar-refractivity contribution in [1.29, 1.82) is 0 Å². The molecule has 0 saturated heterocycles. The van der Waals surface area contributed by atoms with Crippen LogP contribution in [0.4, 0.5) is 0 Å². The van der Waals surface area contributed by atoms with Gasteiger partial charge in [-0.05, 0) is 56.4 Å². The molecule has 2 heterocycles. The maximum Gasteiger partial charge on any atom is 0.262 e. The van der Waals surface area contributed by atoms with Crippen LogP contribution in [0.3, 0.4) is 0 Å². The van der Waals surface area contributed by atoms with E-state index in [4.69, 9.17) is 0 Å². The van der Waals surface area contributed by atoms with Crippen LogP contribution in [0.25, 0.3) is 10.2 Å². The van der Waals surface area contributed by atoms with Gasteiger partial charge in [0.2, 0.25) is 5.91 Å². The number of fused-ring (bicyclic) bond motifs is 3. The highest BCUT2D eigenvalue weighted by molar-refractivity contribution is 7.18. The first-order valence-corrected chi connectivity index (χ1v) is 10.5. The van der Waals surface area contributed by atoms with Gasteiger partial charge in [-0.25, -0.2) is 4.98 Å². The van der Waals surface area contributed by atoms with Gasteiger partial charge in [-0.2, -0.15) is 0 Å². The molecule has 2 atom stereocenters. The molecule has 26 heavy (non-hydrogen) atoms. The molecule has 3 rings (SSSR count). The minimum atomic E-state index is -0.123. The third-order valence-corrected chi connectivity index (χ3v) is 6.34. The van der Waals surface area contributed by atoms with Gasteiger partial charge in [0, 0.05) is 10.9 Å². The molecule has 0 aliphatic heterocycles. The number of carbonyl (C=O) groups is 1. The monoisotopic (exact) mass is 375 g/mol. The molecule has 0 aromatic carbocycles. The molecule has 5 nitrogen and oxygen atoms in total. The van der Waals surface area contributed by atoms with E-state index < -0.39 is 0 Å². The van der Waals surface area contributed by atoms with Crippen LogP contribution in [0.2, 0.25) is 0 Å². The molecule has 0 saturated carbocycles. The molecule has 0 radical (unpaired) electrons. The number of rotatable bonds is 6.